The molecule has 1 unspecified atom stereocenters. The summed E-state index contributed by atoms with van der Waals surface area (Å²) in [5, 5.41) is 6.73. The molecule has 124 valence electrons. The SMILES string of the molecule is CCNC(=NCCN1CCCC(C)C1)NCCn1cccc1. The van der Waals surface area contributed by atoms with Gasteiger partial charge in [0.2, 0.25) is 0 Å². The maximum absolute atomic E-state index is 4.69. The maximum atomic E-state index is 4.69. The van der Waals surface area contributed by atoms with Crippen molar-refractivity contribution in [2.24, 2.45) is 10.9 Å². The van der Waals surface area contributed by atoms with Crippen molar-refractivity contribution in [3.05, 3.63) is 24.5 Å². The predicted molar refractivity (Wildman–Crippen MR) is 93.3 cm³/mol. The van der Waals surface area contributed by atoms with E-state index in [-0.39, 0.29) is 0 Å². The number of aliphatic imine (C=N–C) groups is 1. The van der Waals surface area contributed by atoms with Crippen molar-refractivity contribution in [2.75, 3.05) is 39.3 Å². The summed E-state index contributed by atoms with van der Waals surface area (Å²) in [6.45, 7) is 11.6. The van der Waals surface area contributed by atoms with Crippen LogP contribution in [0.2, 0.25) is 0 Å². The molecule has 2 rings (SSSR count). The van der Waals surface area contributed by atoms with Gasteiger partial charge in [-0.3, -0.25) is 4.99 Å². The van der Waals surface area contributed by atoms with Crippen LogP contribution in [0.25, 0.3) is 0 Å². The zero-order valence-electron chi connectivity index (χ0n) is 14.1. The van der Waals surface area contributed by atoms with E-state index in [1.54, 1.807) is 0 Å². The summed E-state index contributed by atoms with van der Waals surface area (Å²) in [5.41, 5.74) is 0. The van der Waals surface area contributed by atoms with Crippen molar-refractivity contribution in [1.82, 2.24) is 20.1 Å². The molecule has 1 aliphatic heterocycles. The fraction of sp³-hybridized carbons (Fsp3) is 0.706. The molecular weight excluding hydrogens is 274 g/mol. The van der Waals surface area contributed by atoms with Crippen molar-refractivity contribution < 1.29 is 0 Å². The van der Waals surface area contributed by atoms with Gasteiger partial charge in [0, 0.05) is 45.1 Å². The lowest BCUT2D eigenvalue weighted by Crippen LogP contribution is -2.40. The minimum Gasteiger partial charge on any atom is -0.357 e. The molecule has 0 amide bonds. The molecule has 1 saturated heterocycles. The zero-order chi connectivity index (χ0) is 15.6. The van der Waals surface area contributed by atoms with Crippen molar-refractivity contribution in [1.29, 1.82) is 0 Å². The van der Waals surface area contributed by atoms with E-state index in [4.69, 9.17) is 4.99 Å². The smallest absolute Gasteiger partial charge is 0.191 e. The zero-order valence-corrected chi connectivity index (χ0v) is 14.1. The van der Waals surface area contributed by atoms with Crippen molar-refractivity contribution in [3.8, 4) is 0 Å². The Morgan fingerprint density at radius 3 is 2.77 bits per heavy atom. The third-order valence-corrected chi connectivity index (χ3v) is 4.10. The molecule has 1 fully saturated rings. The third kappa shape index (κ3) is 6.10. The highest BCUT2D eigenvalue weighted by atomic mass is 15.2. The van der Waals surface area contributed by atoms with E-state index in [0.29, 0.717) is 0 Å². The molecule has 2 heterocycles. The Morgan fingerprint density at radius 2 is 2.05 bits per heavy atom. The number of guanidine groups is 1. The van der Waals surface area contributed by atoms with E-state index in [0.717, 1.165) is 44.6 Å². The van der Waals surface area contributed by atoms with E-state index in [9.17, 15) is 0 Å². The Hall–Kier alpha value is -1.49. The molecule has 5 nitrogen and oxygen atoms in total. The number of rotatable bonds is 7. The Morgan fingerprint density at radius 1 is 1.23 bits per heavy atom. The average molecular weight is 305 g/mol. The monoisotopic (exact) mass is 305 g/mol. The molecular formula is C17H31N5. The van der Waals surface area contributed by atoms with Crippen LogP contribution in [-0.2, 0) is 6.54 Å². The number of nitrogens with zero attached hydrogens (tertiary/aromatic N) is 3. The van der Waals surface area contributed by atoms with Crippen LogP contribution in [0.4, 0.5) is 0 Å². The van der Waals surface area contributed by atoms with Crippen molar-refractivity contribution in [3.63, 3.8) is 0 Å². The van der Waals surface area contributed by atoms with Gasteiger partial charge in [-0.15, -0.1) is 0 Å². The number of nitrogens with one attached hydrogen (secondary N) is 2. The number of hydrogen-bond donors (Lipinski definition) is 2. The highest BCUT2D eigenvalue weighted by Crippen LogP contribution is 2.14. The number of hydrogen-bond acceptors (Lipinski definition) is 2. The summed E-state index contributed by atoms with van der Waals surface area (Å²) in [4.78, 5) is 7.24. The van der Waals surface area contributed by atoms with Crippen LogP contribution in [0.5, 0.6) is 0 Å². The van der Waals surface area contributed by atoms with E-state index in [1.165, 1.54) is 25.9 Å². The molecule has 5 heteroatoms. The molecule has 1 aromatic rings. The lowest BCUT2D eigenvalue weighted by molar-refractivity contribution is 0.189. The normalized spacial score (nSPS) is 20.1. The van der Waals surface area contributed by atoms with Crippen molar-refractivity contribution in [2.45, 2.75) is 33.2 Å². The minimum absolute atomic E-state index is 0.839. The molecule has 0 bridgehead atoms. The molecule has 0 aliphatic carbocycles. The van der Waals surface area contributed by atoms with E-state index >= 15 is 0 Å². The molecule has 0 aromatic carbocycles. The van der Waals surface area contributed by atoms with Crippen LogP contribution < -0.4 is 10.6 Å². The fourth-order valence-corrected chi connectivity index (χ4v) is 2.96. The number of likely N-dealkylation sites (tertiary alicyclic amines) is 1. The van der Waals surface area contributed by atoms with E-state index in [2.05, 4.69) is 58.5 Å². The first kappa shape index (κ1) is 16.9. The highest BCUT2D eigenvalue weighted by molar-refractivity contribution is 5.79. The van der Waals surface area contributed by atoms with Crippen LogP contribution in [0, 0.1) is 5.92 Å². The standard InChI is InChI=1S/C17H31N5/c1-3-18-17(19-8-13-21-10-4-5-11-21)20-9-14-22-12-6-7-16(2)15-22/h4-5,10-11,16H,3,6-9,12-15H2,1-2H3,(H2,18,19,20). The van der Waals surface area contributed by atoms with Gasteiger partial charge in [0.15, 0.2) is 5.96 Å². The molecule has 1 aromatic heterocycles. The number of piperidine rings is 1. The number of aromatic nitrogens is 1. The van der Waals surface area contributed by atoms with E-state index in [1.807, 2.05) is 0 Å². The van der Waals surface area contributed by atoms with Crippen LogP contribution >= 0.6 is 0 Å². The molecule has 1 atom stereocenters. The molecule has 0 spiro atoms. The van der Waals surface area contributed by atoms with Crippen LogP contribution in [-0.4, -0.2) is 54.7 Å². The topological polar surface area (TPSA) is 44.6 Å². The van der Waals surface area contributed by atoms with Gasteiger partial charge in [-0.05, 0) is 44.4 Å². The van der Waals surface area contributed by atoms with Gasteiger partial charge in [-0.2, -0.15) is 0 Å². The lowest BCUT2D eigenvalue weighted by Gasteiger charge is -2.30. The van der Waals surface area contributed by atoms with Crippen LogP contribution in [0.15, 0.2) is 29.5 Å². The molecule has 2 N–H and O–H groups in total. The summed E-state index contributed by atoms with van der Waals surface area (Å²) in [5.74, 6) is 1.77. The van der Waals surface area contributed by atoms with Gasteiger partial charge in [0.05, 0.1) is 6.54 Å². The summed E-state index contributed by atoms with van der Waals surface area (Å²) < 4.78 is 2.17. The second-order valence-corrected chi connectivity index (χ2v) is 6.16. The highest BCUT2D eigenvalue weighted by Gasteiger charge is 2.15. The third-order valence-electron chi connectivity index (χ3n) is 4.10. The first-order chi connectivity index (χ1) is 10.8. The van der Waals surface area contributed by atoms with Gasteiger partial charge >= 0.3 is 0 Å². The van der Waals surface area contributed by atoms with Crippen molar-refractivity contribution >= 4 is 5.96 Å². The Bertz CT molecular complexity index is 426. The predicted octanol–water partition coefficient (Wildman–Crippen LogP) is 1.78. The first-order valence-electron chi connectivity index (χ1n) is 8.63. The summed E-state index contributed by atoms with van der Waals surface area (Å²) in [6, 6.07) is 4.11. The van der Waals surface area contributed by atoms with Gasteiger partial charge in [0.25, 0.3) is 0 Å². The van der Waals surface area contributed by atoms with Gasteiger partial charge in [0.1, 0.15) is 0 Å². The largest absolute Gasteiger partial charge is 0.357 e. The van der Waals surface area contributed by atoms with Gasteiger partial charge in [-0.1, -0.05) is 6.92 Å². The molecule has 22 heavy (non-hydrogen) atoms. The fourth-order valence-electron chi connectivity index (χ4n) is 2.96. The first-order valence-corrected chi connectivity index (χ1v) is 8.63. The van der Waals surface area contributed by atoms with Crippen LogP contribution in [0.3, 0.4) is 0 Å². The van der Waals surface area contributed by atoms with Crippen LogP contribution in [0.1, 0.15) is 26.7 Å². The van der Waals surface area contributed by atoms with Gasteiger partial charge < -0.3 is 20.1 Å². The quantitative estimate of drug-likeness (QED) is 0.596. The summed E-state index contributed by atoms with van der Waals surface area (Å²) in [7, 11) is 0. The average Bonchev–Trinajstić information content (AvgIpc) is 3.01. The molecule has 1 aliphatic rings. The van der Waals surface area contributed by atoms with Gasteiger partial charge in [-0.25, -0.2) is 0 Å². The van der Waals surface area contributed by atoms with E-state index < -0.39 is 0 Å². The lowest BCUT2D eigenvalue weighted by atomic mass is 10.0. The second-order valence-electron chi connectivity index (χ2n) is 6.16. The Balaban J connectivity index is 1.69. The Labute approximate surface area is 134 Å². The maximum Gasteiger partial charge on any atom is 0.191 e. The Kier molecular flexibility index (Phi) is 7.30. The molecule has 0 radical (unpaired) electrons. The summed E-state index contributed by atoms with van der Waals surface area (Å²) >= 11 is 0. The summed E-state index contributed by atoms with van der Waals surface area (Å²) in [6.07, 6.45) is 6.88. The molecule has 0 saturated carbocycles. The minimum atomic E-state index is 0.839. The second kappa shape index (κ2) is 9.51.